The zero-order chi connectivity index (χ0) is 15.5. The molecule has 1 aromatic heterocycles. The molecule has 2 aromatic rings. The van der Waals surface area contributed by atoms with Crippen LogP contribution in [0.1, 0.15) is 37.1 Å². The molecule has 0 saturated carbocycles. The van der Waals surface area contributed by atoms with Crippen molar-refractivity contribution in [2.24, 2.45) is 5.10 Å². The number of amides is 1. The van der Waals surface area contributed by atoms with E-state index in [2.05, 4.69) is 5.10 Å². The number of nitrogens with zero attached hydrogens (tertiary/aromatic N) is 2. The Bertz CT molecular complexity index is 692. The lowest BCUT2D eigenvalue weighted by molar-refractivity contribution is -0.132. The van der Waals surface area contributed by atoms with Gasteiger partial charge in [-0.3, -0.25) is 4.79 Å². The van der Waals surface area contributed by atoms with E-state index in [0.717, 1.165) is 17.0 Å². The van der Waals surface area contributed by atoms with Crippen LogP contribution >= 0.6 is 0 Å². The summed E-state index contributed by atoms with van der Waals surface area (Å²) in [5.74, 6) is 1.47. The van der Waals surface area contributed by atoms with Crippen molar-refractivity contribution in [1.82, 2.24) is 5.01 Å². The second-order valence-corrected chi connectivity index (χ2v) is 5.11. The Morgan fingerprint density at radius 1 is 1.41 bits per heavy atom. The van der Waals surface area contributed by atoms with Crippen molar-refractivity contribution in [3.8, 4) is 5.75 Å². The molecular weight excluding hydrogens is 280 g/mol. The van der Waals surface area contributed by atoms with Gasteiger partial charge >= 0.3 is 0 Å². The molecule has 0 spiro atoms. The van der Waals surface area contributed by atoms with Crippen molar-refractivity contribution in [2.45, 2.75) is 25.8 Å². The summed E-state index contributed by atoms with van der Waals surface area (Å²) < 4.78 is 10.7. The molecule has 1 aliphatic heterocycles. The number of carbonyl (C=O) groups is 1. The van der Waals surface area contributed by atoms with Crippen molar-refractivity contribution >= 4 is 11.6 Å². The van der Waals surface area contributed by atoms with E-state index in [1.807, 2.05) is 43.3 Å². The van der Waals surface area contributed by atoms with Crippen LogP contribution in [0.2, 0.25) is 0 Å². The Labute approximate surface area is 129 Å². The summed E-state index contributed by atoms with van der Waals surface area (Å²) in [5.41, 5.74) is 1.80. The molecule has 1 aromatic carbocycles. The van der Waals surface area contributed by atoms with Crippen LogP contribution in [0.5, 0.6) is 5.75 Å². The second-order valence-electron chi connectivity index (χ2n) is 5.11. The van der Waals surface area contributed by atoms with E-state index in [1.165, 1.54) is 0 Å². The largest absolute Gasteiger partial charge is 0.497 e. The second kappa shape index (κ2) is 6.05. The number of hydrogen-bond donors (Lipinski definition) is 0. The summed E-state index contributed by atoms with van der Waals surface area (Å²) in [6.07, 6.45) is 2.66. The molecule has 114 valence electrons. The van der Waals surface area contributed by atoms with Crippen LogP contribution in [0.4, 0.5) is 0 Å². The highest BCUT2D eigenvalue weighted by atomic mass is 16.5. The SMILES string of the molecule is CCC(=O)N1N=C(c2ccco2)C[C@H]1c1cccc(OC)c1. The topological polar surface area (TPSA) is 55.0 Å². The van der Waals surface area contributed by atoms with Crippen molar-refractivity contribution in [1.29, 1.82) is 0 Å². The Balaban J connectivity index is 1.94. The molecule has 1 aliphatic rings. The molecule has 1 atom stereocenters. The third-order valence-corrected chi connectivity index (χ3v) is 3.75. The van der Waals surface area contributed by atoms with Crippen LogP contribution in [-0.2, 0) is 4.79 Å². The summed E-state index contributed by atoms with van der Waals surface area (Å²) >= 11 is 0. The highest BCUT2D eigenvalue weighted by Gasteiger charge is 2.33. The zero-order valence-corrected chi connectivity index (χ0v) is 12.7. The third kappa shape index (κ3) is 2.62. The van der Waals surface area contributed by atoms with E-state index in [4.69, 9.17) is 9.15 Å². The Morgan fingerprint density at radius 3 is 2.95 bits per heavy atom. The fourth-order valence-electron chi connectivity index (χ4n) is 2.60. The minimum atomic E-state index is -0.123. The average molecular weight is 298 g/mol. The lowest BCUT2D eigenvalue weighted by atomic mass is 10.0. The molecular formula is C17H18N2O3. The standard InChI is InChI=1S/C17H18N2O3/c1-3-17(20)19-15(12-6-4-7-13(10-12)21-2)11-14(18-19)16-8-5-9-22-16/h4-10,15H,3,11H2,1-2H3/t15-/m0/s1. The number of hydrogen-bond acceptors (Lipinski definition) is 4. The van der Waals surface area contributed by atoms with E-state index in [1.54, 1.807) is 18.4 Å². The van der Waals surface area contributed by atoms with Gasteiger partial charge in [-0.05, 0) is 29.8 Å². The summed E-state index contributed by atoms with van der Waals surface area (Å²) in [4.78, 5) is 12.2. The molecule has 0 N–H and O–H groups in total. The molecule has 1 amide bonds. The van der Waals surface area contributed by atoms with Crippen LogP contribution in [0.3, 0.4) is 0 Å². The van der Waals surface area contributed by atoms with Gasteiger partial charge in [0, 0.05) is 12.8 Å². The van der Waals surface area contributed by atoms with Gasteiger partial charge in [-0.2, -0.15) is 5.10 Å². The molecule has 0 unspecified atom stereocenters. The Kier molecular flexibility index (Phi) is 3.96. The Morgan fingerprint density at radius 2 is 2.27 bits per heavy atom. The van der Waals surface area contributed by atoms with Crippen LogP contribution in [0.25, 0.3) is 0 Å². The number of benzene rings is 1. The van der Waals surface area contributed by atoms with E-state index in [-0.39, 0.29) is 11.9 Å². The monoisotopic (exact) mass is 298 g/mol. The fraction of sp³-hybridized carbons (Fsp3) is 0.294. The fourth-order valence-corrected chi connectivity index (χ4v) is 2.60. The maximum absolute atomic E-state index is 12.2. The first-order valence-corrected chi connectivity index (χ1v) is 7.30. The Hall–Kier alpha value is -2.56. The first kappa shape index (κ1) is 14.4. The molecule has 0 fully saturated rings. The van der Waals surface area contributed by atoms with E-state index in [9.17, 15) is 4.79 Å². The highest BCUT2D eigenvalue weighted by Crippen LogP contribution is 2.34. The van der Waals surface area contributed by atoms with Crippen molar-refractivity contribution < 1.29 is 13.9 Å². The maximum Gasteiger partial charge on any atom is 0.242 e. The van der Waals surface area contributed by atoms with Gasteiger partial charge in [0.05, 0.1) is 19.4 Å². The molecule has 0 radical (unpaired) electrons. The minimum absolute atomic E-state index is 0.00521. The summed E-state index contributed by atoms with van der Waals surface area (Å²) in [5, 5.41) is 6.04. The van der Waals surface area contributed by atoms with Gasteiger partial charge in [-0.1, -0.05) is 19.1 Å². The first-order chi connectivity index (χ1) is 10.7. The minimum Gasteiger partial charge on any atom is -0.497 e. The van der Waals surface area contributed by atoms with Crippen LogP contribution in [0.15, 0.2) is 52.2 Å². The summed E-state index contributed by atoms with van der Waals surface area (Å²) in [6.45, 7) is 1.84. The van der Waals surface area contributed by atoms with E-state index < -0.39 is 0 Å². The van der Waals surface area contributed by atoms with Gasteiger partial charge < -0.3 is 9.15 Å². The number of hydrazone groups is 1. The lowest BCUT2D eigenvalue weighted by Crippen LogP contribution is -2.26. The molecule has 22 heavy (non-hydrogen) atoms. The summed E-state index contributed by atoms with van der Waals surface area (Å²) in [7, 11) is 1.63. The number of rotatable bonds is 4. The zero-order valence-electron chi connectivity index (χ0n) is 12.7. The van der Waals surface area contributed by atoms with Crippen molar-refractivity contribution in [2.75, 3.05) is 7.11 Å². The maximum atomic E-state index is 12.2. The van der Waals surface area contributed by atoms with Crippen molar-refractivity contribution in [3.63, 3.8) is 0 Å². The van der Waals surface area contributed by atoms with Gasteiger partial charge in [-0.25, -0.2) is 5.01 Å². The molecule has 5 nitrogen and oxygen atoms in total. The van der Waals surface area contributed by atoms with E-state index in [0.29, 0.717) is 18.6 Å². The molecule has 0 aliphatic carbocycles. The number of furan rings is 1. The number of methoxy groups -OCH3 is 1. The highest BCUT2D eigenvalue weighted by molar-refractivity contribution is 6.01. The molecule has 2 heterocycles. The van der Waals surface area contributed by atoms with Gasteiger partial charge in [0.15, 0.2) is 0 Å². The smallest absolute Gasteiger partial charge is 0.242 e. The van der Waals surface area contributed by atoms with Crippen LogP contribution in [0, 0.1) is 0 Å². The van der Waals surface area contributed by atoms with Gasteiger partial charge in [0.1, 0.15) is 17.2 Å². The first-order valence-electron chi connectivity index (χ1n) is 7.30. The predicted octanol–water partition coefficient (Wildman–Crippen LogP) is 3.38. The summed E-state index contributed by atoms with van der Waals surface area (Å²) in [6, 6.07) is 11.3. The molecule has 5 heteroatoms. The predicted molar refractivity (Wildman–Crippen MR) is 82.7 cm³/mol. The van der Waals surface area contributed by atoms with Gasteiger partial charge in [0.2, 0.25) is 5.91 Å². The quantitative estimate of drug-likeness (QED) is 0.869. The molecule has 0 saturated heterocycles. The molecule has 3 rings (SSSR count). The van der Waals surface area contributed by atoms with Crippen LogP contribution in [-0.4, -0.2) is 23.7 Å². The lowest BCUT2D eigenvalue weighted by Gasteiger charge is -2.21. The molecule has 0 bridgehead atoms. The number of carbonyl (C=O) groups excluding carboxylic acids is 1. The van der Waals surface area contributed by atoms with E-state index >= 15 is 0 Å². The van der Waals surface area contributed by atoms with Crippen molar-refractivity contribution in [3.05, 3.63) is 54.0 Å². The number of ether oxygens (including phenoxy) is 1. The third-order valence-electron chi connectivity index (χ3n) is 3.75. The van der Waals surface area contributed by atoms with Gasteiger partial charge in [-0.15, -0.1) is 0 Å². The van der Waals surface area contributed by atoms with Gasteiger partial charge in [0.25, 0.3) is 0 Å². The van der Waals surface area contributed by atoms with Crippen LogP contribution < -0.4 is 4.74 Å². The normalized spacial score (nSPS) is 17.5. The average Bonchev–Trinajstić information content (AvgIpc) is 3.23.